The number of nitrogens with one attached hydrogen (secondary N) is 1. The van der Waals surface area contributed by atoms with Crippen LogP contribution in [0.2, 0.25) is 0 Å². The van der Waals surface area contributed by atoms with Crippen LogP contribution in [0.5, 0.6) is 0 Å². The van der Waals surface area contributed by atoms with Gasteiger partial charge >= 0.3 is 18.1 Å². The zero-order valence-electron chi connectivity index (χ0n) is 7.89. The van der Waals surface area contributed by atoms with Crippen LogP contribution in [0.3, 0.4) is 0 Å². The van der Waals surface area contributed by atoms with Crippen LogP contribution in [-0.2, 0) is 9.59 Å². The first-order valence-corrected chi connectivity index (χ1v) is 4.27. The van der Waals surface area contributed by atoms with Crippen molar-refractivity contribution in [2.75, 3.05) is 0 Å². The van der Waals surface area contributed by atoms with Crippen LogP contribution in [0.25, 0.3) is 0 Å². The van der Waals surface area contributed by atoms with Gasteiger partial charge < -0.3 is 10.4 Å². The molecule has 0 aromatic carbocycles. The molecule has 1 aliphatic rings. The van der Waals surface area contributed by atoms with Gasteiger partial charge in [0, 0.05) is 0 Å². The molecule has 0 unspecified atom stereocenters. The second kappa shape index (κ2) is 3.39. The fourth-order valence-electron chi connectivity index (χ4n) is 1.23. The molecule has 86 valence electrons. The Hall–Kier alpha value is -1.27. The van der Waals surface area contributed by atoms with Crippen molar-refractivity contribution in [2.24, 2.45) is 5.41 Å². The fraction of sp³-hybridized carbons (Fsp3) is 0.750. The van der Waals surface area contributed by atoms with E-state index >= 15 is 0 Å². The minimum atomic E-state index is -5.04. The van der Waals surface area contributed by atoms with E-state index in [1.165, 1.54) is 12.2 Å². The van der Waals surface area contributed by atoms with Gasteiger partial charge in [0.1, 0.15) is 6.04 Å². The summed E-state index contributed by atoms with van der Waals surface area (Å²) < 4.78 is 35.6. The summed E-state index contributed by atoms with van der Waals surface area (Å²) in [6.45, 7) is 1.53. The molecule has 1 rings (SSSR count). The molecule has 0 spiro atoms. The van der Waals surface area contributed by atoms with E-state index in [0.29, 0.717) is 12.8 Å². The molecule has 1 atom stereocenters. The highest BCUT2D eigenvalue weighted by molar-refractivity contribution is 5.87. The van der Waals surface area contributed by atoms with E-state index in [4.69, 9.17) is 5.11 Å². The summed E-state index contributed by atoms with van der Waals surface area (Å²) in [5, 5.41) is 10.2. The second-order valence-electron chi connectivity index (χ2n) is 3.90. The molecule has 0 aliphatic heterocycles. The summed E-state index contributed by atoms with van der Waals surface area (Å²) in [6.07, 6.45) is -4.04. The number of carboxylic acids is 1. The fourth-order valence-corrected chi connectivity index (χ4v) is 1.23. The summed E-state index contributed by atoms with van der Waals surface area (Å²) >= 11 is 0. The van der Waals surface area contributed by atoms with Crippen molar-refractivity contribution < 1.29 is 27.9 Å². The minimum Gasteiger partial charge on any atom is -0.480 e. The monoisotopic (exact) mass is 225 g/mol. The maximum absolute atomic E-state index is 11.9. The van der Waals surface area contributed by atoms with Gasteiger partial charge in [0.15, 0.2) is 0 Å². The molecule has 2 N–H and O–H groups in total. The molecule has 0 radical (unpaired) electrons. The first kappa shape index (κ1) is 11.8. The van der Waals surface area contributed by atoms with E-state index < -0.39 is 29.5 Å². The van der Waals surface area contributed by atoms with Crippen LogP contribution in [0.1, 0.15) is 19.8 Å². The summed E-state index contributed by atoms with van der Waals surface area (Å²) in [7, 11) is 0. The molecule has 7 heteroatoms. The molecule has 1 aliphatic carbocycles. The van der Waals surface area contributed by atoms with Crippen LogP contribution in [0, 0.1) is 5.41 Å². The molecule has 1 amide bonds. The largest absolute Gasteiger partial charge is 0.480 e. The van der Waals surface area contributed by atoms with Crippen molar-refractivity contribution in [1.29, 1.82) is 0 Å². The lowest BCUT2D eigenvalue weighted by molar-refractivity contribution is -0.176. The van der Waals surface area contributed by atoms with E-state index in [1.807, 2.05) is 0 Å². The Morgan fingerprint density at radius 2 is 1.87 bits per heavy atom. The minimum absolute atomic E-state index is 0.502. The van der Waals surface area contributed by atoms with Gasteiger partial charge in [-0.1, -0.05) is 6.92 Å². The Labute approximate surface area is 83.5 Å². The van der Waals surface area contributed by atoms with Crippen molar-refractivity contribution >= 4 is 11.9 Å². The van der Waals surface area contributed by atoms with Crippen LogP contribution < -0.4 is 5.32 Å². The molecule has 0 saturated heterocycles. The average Bonchev–Trinajstić information content (AvgIpc) is 2.77. The number of aliphatic carboxylic acids is 1. The molecule has 4 nitrogen and oxygen atoms in total. The third-order valence-corrected chi connectivity index (χ3v) is 2.52. The lowest BCUT2D eigenvalue weighted by Gasteiger charge is -2.20. The molecular formula is C8H10F3NO3. The van der Waals surface area contributed by atoms with E-state index in [1.54, 1.807) is 0 Å². The van der Waals surface area contributed by atoms with E-state index in [9.17, 15) is 22.8 Å². The van der Waals surface area contributed by atoms with E-state index in [2.05, 4.69) is 0 Å². The van der Waals surface area contributed by atoms with Crippen molar-refractivity contribution in [2.45, 2.75) is 32.0 Å². The molecule has 0 heterocycles. The topological polar surface area (TPSA) is 66.4 Å². The van der Waals surface area contributed by atoms with Gasteiger partial charge in [-0.3, -0.25) is 4.79 Å². The number of carbonyl (C=O) groups excluding carboxylic acids is 1. The van der Waals surface area contributed by atoms with Gasteiger partial charge in [0.25, 0.3) is 0 Å². The normalized spacial score (nSPS) is 20.5. The Morgan fingerprint density at radius 1 is 1.40 bits per heavy atom. The van der Waals surface area contributed by atoms with Crippen molar-refractivity contribution in [3.05, 3.63) is 0 Å². The summed E-state index contributed by atoms with van der Waals surface area (Å²) in [6, 6.07) is -1.47. The zero-order chi connectivity index (χ0) is 11.9. The smallest absolute Gasteiger partial charge is 0.471 e. The number of alkyl halides is 3. The SMILES string of the molecule is CC1([C@H](NC(=O)C(F)(F)F)C(=O)O)CC1. The number of carbonyl (C=O) groups is 2. The first-order chi connectivity index (χ1) is 6.67. The quantitative estimate of drug-likeness (QED) is 0.750. The molecule has 0 aromatic rings. The summed E-state index contributed by atoms with van der Waals surface area (Å²) in [4.78, 5) is 21.2. The summed E-state index contributed by atoms with van der Waals surface area (Å²) in [5.74, 6) is -3.64. The highest BCUT2D eigenvalue weighted by atomic mass is 19.4. The first-order valence-electron chi connectivity index (χ1n) is 4.27. The number of carboxylic acid groups (broad SMARTS) is 1. The number of halogens is 3. The Bertz CT molecular complexity index is 296. The van der Waals surface area contributed by atoms with Crippen LogP contribution in [-0.4, -0.2) is 29.2 Å². The van der Waals surface area contributed by atoms with E-state index in [-0.39, 0.29) is 0 Å². The van der Waals surface area contributed by atoms with Gasteiger partial charge in [0.2, 0.25) is 0 Å². The van der Waals surface area contributed by atoms with Crippen LogP contribution in [0.15, 0.2) is 0 Å². The third-order valence-electron chi connectivity index (χ3n) is 2.52. The van der Waals surface area contributed by atoms with Crippen molar-refractivity contribution in [3.63, 3.8) is 0 Å². The molecule has 0 bridgehead atoms. The van der Waals surface area contributed by atoms with Crippen LogP contribution >= 0.6 is 0 Å². The Kier molecular flexibility index (Phi) is 2.67. The van der Waals surface area contributed by atoms with Gasteiger partial charge in [-0.15, -0.1) is 0 Å². The highest BCUT2D eigenvalue weighted by Crippen LogP contribution is 2.48. The lowest BCUT2D eigenvalue weighted by atomic mass is 9.99. The molecule has 1 fully saturated rings. The summed E-state index contributed by atoms with van der Waals surface area (Å²) in [5.41, 5.74) is -0.743. The number of hydrogen-bond donors (Lipinski definition) is 2. The predicted octanol–water partition coefficient (Wildman–Crippen LogP) is 0.918. The van der Waals surface area contributed by atoms with Gasteiger partial charge in [0.05, 0.1) is 0 Å². The van der Waals surface area contributed by atoms with Crippen molar-refractivity contribution in [1.82, 2.24) is 5.32 Å². The maximum Gasteiger partial charge on any atom is 0.471 e. The lowest BCUT2D eigenvalue weighted by Crippen LogP contribution is -2.50. The zero-order valence-corrected chi connectivity index (χ0v) is 7.89. The van der Waals surface area contributed by atoms with E-state index in [0.717, 1.165) is 0 Å². The van der Waals surface area contributed by atoms with Gasteiger partial charge in [-0.05, 0) is 18.3 Å². The average molecular weight is 225 g/mol. The molecule has 15 heavy (non-hydrogen) atoms. The second-order valence-corrected chi connectivity index (χ2v) is 3.90. The van der Waals surface area contributed by atoms with Gasteiger partial charge in [-0.25, -0.2) is 4.79 Å². The van der Waals surface area contributed by atoms with Crippen LogP contribution in [0.4, 0.5) is 13.2 Å². The maximum atomic E-state index is 11.9. The Morgan fingerprint density at radius 3 is 2.13 bits per heavy atom. The number of rotatable bonds is 3. The molecular weight excluding hydrogens is 215 g/mol. The van der Waals surface area contributed by atoms with Gasteiger partial charge in [-0.2, -0.15) is 13.2 Å². The molecule has 0 aromatic heterocycles. The third kappa shape index (κ3) is 2.60. The number of hydrogen-bond acceptors (Lipinski definition) is 2. The highest BCUT2D eigenvalue weighted by Gasteiger charge is 2.52. The predicted molar refractivity (Wildman–Crippen MR) is 43.0 cm³/mol. The van der Waals surface area contributed by atoms with Crippen molar-refractivity contribution in [3.8, 4) is 0 Å². The number of amides is 1. The standard InChI is InChI=1S/C8H10F3NO3/c1-7(2-3-7)4(5(13)14)12-6(15)8(9,10)11/h4H,2-3H2,1H3,(H,12,15)(H,13,14)/t4-/m1/s1. The Balaban J connectivity index is 2.69. The molecule has 1 saturated carbocycles.